The van der Waals surface area contributed by atoms with Crippen LogP contribution in [0.25, 0.3) is 0 Å². The van der Waals surface area contributed by atoms with Gasteiger partial charge in [0, 0.05) is 12.5 Å². The first-order valence-electron chi connectivity index (χ1n) is 6.14. The molecule has 1 aliphatic heterocycles. The first kappa shape index (κ1) is 15.4. The highest BCUT2D eigenvalue weighted by molar-refractivity contribution is 7.58. The zero-order chi connectivity index (χ0) is 14.7. The van der Waals surface area contributed by atoms with Crippen LogP contribution in [-0.4, -0.2) is 11.9 Å². The molecule has 108 valence electrons. The molecule has 3 N–H and O–H groups in total. The van der Waals surface area contributed by atoms with Gasteiger partial charge in [0.15, 0.2) is 0 Å². The van der Waals surface area contributed by atoms with Crippen LogP contribution in [0.4, 0.5) is 17.1 Å². The smallest absolute Gasteiger partial charge is 0.224 e. The Morgan fingerprint density at radius 2 is 2.10 bits per heavy atom. The Morgan fingerprint density at radius 1 is 1.40 bits per heavy atom. The number of amides is 1. The number of hydrogen-bond acceptors (Lipinski definition) is 4. The molecule has 0 bridgehead atoms. The van der Waals surface area contributed by atoms with E-state index in [4.69, 9.17) is 28.9 Å². The van der Waals surface area contributed by atoms with Crippen molar-refractivity contribution in [2.24, 2.45) is 14.5 Å². The Balaban J connectivity index is 2.09. The fraction of sp³-hybridized carbons (Fsp3) is 0.417. The van der Waals surface area contributed by atoms with E-state index < -0.39 is 0 Å². The third-order valence-electron chi connectivity index (χ3n) is 2.77. The predicted octanol–water partition coefficient (Wildman–Crippen LogP) is 4.18. The minimum Gasteiger partial charge on any atom is -0.328 e. The van der Waals surface area contributed by atoms with Crippen molar-refractivity contribution in [1.29, 1.82) is 0 Å². The molecule has 0 saturated carbocycles. The third kappa shape index (κ3) is 3.58. The number of fused-ring (bicyclic) bond motifs is 1. The lowest BCUT2D eigenvalue weighted by atomic mass is 10.1. The van der Waals surface area contributed by atoms with Gasteiger partial charge in [-0.05, 0) is 25.8 Å². The number of anilines is 1. The summed E-state index contributed by atoms with van der Waals surface area (Å²) < 4.78 is 8.21. The minimum absolute atomic E-state index is 0.0939. The standard InChI is InChI=1S/C12H14Cl2N4OS/c1-6(15)3-2-4-9(19)16-10-7(13)5-8(14)11-12(10)18-20-17-11/h5-6H,2-4,15H2,1H3,(H,16,19). The zero-order valence-electron chi connectivity index (χ0n) is 10.8. The van der Waals surface area contributed by atoms with E-state index in [-0.39, 0.29) is 11.9 Å². The topological polar surface area (TPSA) is 79.8 Å². The average molecular weight is 333 g/mol. The first-order chi connectivity index (χ1) is 9.49. The Bertz CT molecular complexity index is 612. The van der Waals surface area contributed by atoms with Crippen molar-refractivity contribution in [2.75, 3.05) is 5.32 Å². The van der Waals surface area contributed by atoms with Crippen LogP contribution in [-0.2, 0) is 16.1 Å². The molecule has 0 fully saturated rings. The van der Waals surface area contributed by atoms with Crippen molar-refractivity contribution in [2.45, 2.75) is 32.2 Å². The Hall–Kier alpha value is -0.950. The Kier molecular flexibility index (Phi) is 5.15. The molecule has 5 nitrogen and oxygen atoms in total. The molecule has 1 aliphatic rings. The Morgan fingerprint density at radius 3 is 2.80 bits per heavy atom. The SMILES string of the molecule is CC(N)CCCC(=O)Nc1c(Cl)cc(Cl)c2c1N=S=N2. The van der Waals surface area contributed by atoms with Gasteiger partial charge in [0.05, 0.1) is 27.1 Å². The molecule has 2 rings (SSSR count). The molecule has 1 atom stereocenters. The molecule has 8 heteroatoms. The number of rotatable bonds is 5. The van der Waals surface area contributed by atoms with Crippen molar-refractivity contribution >= 4 is 57.5 Å². The summed E-state index contributed by atoms with van der Waals surface area (Å²) in [5.74, 6) is -0.121. The summed E-state index contributed by atoms with van der Waals surface area (Å²) in [7, 11) is 0. The molecule has 1 aromatic rings. The fourth-order valence-electron chi connectivity index (χ4n) is 1.78. The highest BCUT2D eigenvalue weighted by Gasteiger charge is 2.20. The molecule has 20 heavy (non-hydrogen) atoms. The van der Waals surface area contributed by atoms with E-state index in [0.717, 1.165) is 24.2 Å². The summed E-state index contributed by atoms with van der Waals surface area (Å²) in [4.78, 5) is 11.9. The van der Waals surface area contributed by atoms with Crippen LogP contribution in [0.3, 0.4) is 0 Å². The second kappa shape index (κ2) is 6.67. The maximum absolute atomic E-state index is 11.9. The van der Waals surface area contributed by atoms with E-state index in [1.807, 2.05) is 6.92 Å². The lowest BCUT2D eigenvalue weighted by Crippen LogP contribution is -2.17. The number of carbonyl (C=O) groups excluding carboxylic acids is 1. The molecule has 0 aliphatic carbocycles. The van der Waals surface area contributed by atoms with Crippen LogP contribution in [0, 0.1) is 0 Å². The number of halogens is 2. The largest absolute Gasteiger partial charge is 0.328 e. The minimum atomic E-state index is -0.121. The van der Waals surface area contributed by atoms with Gasteiger partial charge in [-0.25, -0.2) is 0 Å². The third-order valence-corrected chi connectivity index (χ3v) is 3.89. The Labute approximate surface area is 130 Å². The summed E-state index contributed by atoms with van der Waals surface area (Å²) in [6.07, 6.45) is 1.92. The number of hydrogen-bond donors (Lipinski definition) is 2. The van der Waals surface area contributed by atoms with Crippen LogP contribution >= 0.6 is 23.2 Å². The van der Waals surface area contributed by atoms with Gasteiger partial charge < -0.3 is 11.1 Å². The second-order valence-electron chi connectivity index (χ2n) is 4.59. The summed E-state index contributed by atoms with van der Waals surface area (Å²) in [6, 6.07) is 1.65. The van der Waals surface area contributed by atoms with Crippen LogP contribution in [0.2, 0.25) is 10.0 Å². The fourth-order valence-corrected chi connectivity index (χ4v) is 2.94. The monoisotopic (exact) mass is 332 g/mol. The van der Waals surface area contributed by atoms with Gasteiger partial charge in [0.25, 0.3) is 0 Å². The summed E-state index contributed by atoms with van der Waals surface area (Å²) >= 11 is 13.2. The predicted molar refractivity (Wildman–Crippen MR) is 84.1 cm³/mol. The van der Waals surface area contributed by atoms with Gasteiger partial charge in [0.2, 0.25) is 5.91 Å². The van der Waals surface area contributed by atoms with Gasteiger partial charge in [-0.1, -0.05) is 23.2 Å². The van der Waals surface area contributed by atoms with Gasteiger partial charge >= 0.3 is 0 Å². The van der Waals surface area contributed by atoms with Crippen molar-refractivity contribution in [3.05, 3.63) is 16.1 Å². The van der Waals surface area contributed by atoms with Gasteiger partial charge in [-0.3, -0.25) is 4.79 Å². The van der Waals surface area contributed by atoms with E-state index in [0.29, 0.717) is 33.5 Å². The quantitative estimate of drug-likeness (QED) is 0.861. The van der Waals surface area contributed by atoms with E-state index in [2.05, 4.69) is 14.0 Å². The molecule has 1 amide bonds. The normalized spacial score (nSPS) is 13.8. The van der Waals surface area contributed by atoms with E-state index in [1.54, 1.807) is 6.07 Å². The van der Waals surface area contributed by atoms with Crippen LogP contribution in [0.1, 0.15) is 26.2 Å². The van der Waals surface area contributed by atoms with E-state index in [9.17, 15) is 4.79 Å². The molecular formula is C12H14Cl2N4OS. The molecule has 1 heterocycles. The molecule has 1 aromatic carbocycles. The lowest BCUT2D eigenvalue weighted by molar-refractivity contribution is -0.116. The zero-order valence-corrected chi connectivity index (χ0v) is 13.1. The number of benzene rings is 1. The maximum atomic E-state index is 11.9. The van der Waals surface area contributed by atoms with Crippen LogP contribution in [0.5, 0.6) is 0 Å². The molecule has 0 spiro atoms. The maximum Gasteiger partial charge on any atom is 0.224 e. The van der Waals surface area contributed by atoms with Crippen molar-refractivity contribution in [1.82, 2.24) is 0 Å². The van der Waals surface area contributed by atoms with Gasteiger partial charge in [-0.2, -0.15) is 8.73 Å². The molecular weight excluding hydrogens is 319 g/mol. The highest BCUT2D eigenvalue weighted by atomic mass is 35.5. The van der Waals surface area contributed by atoms with Gasteiger partial charge in [0.1, 0.15) is 11.4 Å². The number of carbonyl (C=O) groups is 1. The lowest BCUT2D eigenvalue weighted by Gasteiger charge is -2.11. The van der Waals surface area contributed by atoms with E-state index in [1.165, 1.54) is 0 Å². The molecule has 0 saturated heterocycles. The number of nitrogens with two attached hydrogens (primary N) is 1. The van der Waals surface area contributed by atoms with Crippen molar-refractivity contribution < 1.29 is 4.79 Å². The molecule has 0 aromatic heterocycles. The van der Waals surface area contributed by atoms with E-state index >= 15 is 0 Å². The summed E-state index contributed by atoms with van der Waals surface area (Å²) in [6.45, 7) is 1.92. The van der Waals surface area contributed by atoms with Crippen LogP contribution < -0.4 is 11.1 Å². The number of nitrogens with one attached hydrogen (secondary N) is 1. The van der Waals surface area contributed by atoms with Gasteiger partial charge in [-0.15, -0.1) is 0 Å². The second-order valence-corrected chi connectivity index (χ2v) is 5.94. The van der Waals surface area contributed by atoms with Crippen molar-refractivity contribution in [3.8, 4) is 0 Å². The number of nitrogens with zero attached hydrogens (tertiary/aromatic N) is 2. The molecule has 0 radical (unpaired) electrons. The summed E-state index contributed by atoms with van der Waals surface area (Å²) in [5, 5.41) is 3.56. The van der Waals surface area contributed by atoms with Crippen molar-refractivity contribution in [3.63, 3.8) is 0 Å². The highest BCUT2D eigenvalue weighted by Crippen LogP contribution is 2.47. The summed E-state index contributed by atoms with van der Waals surface area (Å²) in [5.41, 5.74) is 7.18. The molecule has 1 unspecified atom stereocenters. The first-order valence-corrected chi connectivity index (χ1v) is 7.63. The average Bonchev–Trinajstić information content (AvgIpc) is 2.83. The van der Waals surface area contributed by atoms with Crippen LogP contribution in [0.15, 0.2) is 14.8 Å².